The van der Waals surface area contributed by atoms with Gasteiger partial charge in [-0.05, 0) is 70.5 Å². The van der Waals surface area contributed by atoms with Crippen LogP contribution in [-0.2, 0) is 6.42 Å². The summed E-state index contributed by atoms with van der Waals surface area (Å²) < 4.78 is 0. The zero-order valence-corrected chi connectivity index (χ0v) is 14.6. The van der Waals surface area contributed by atoms with Crippen molar-refractivity contribution in [2.75, 3.05) is 0 Å². The predicted octanol–water partition coefficient (Wildman–Crippen LogP) is 6.69. The molecule has 5 rings (SSSR count). The van der Waals surface area contributed by atoms with E-state index in [9.17, 15) is 0 Å². The summed E-state index contributed by atoms with van der Waals surface area (Å²) in [5.74, 6) is 0. The van der Waals surface area contributed by atoms with E-state index in [-0.39, 0.29) is 0 Å². The number of hydrogen-bond acceptors (Lipinski definition) is 0. The van der Waals surface area contributed by atoms with Crippen LogP contribution in [0.3, 0.4) is 0 Å². The fourth-order valence-corrected chi connectivity index (χ4v) is 4.06. The highest BCUT2D eigenvalue weighted by molar-refractivity contribution is 5.89. The van der Waals surface area contributed by atoms with E-state index in [4.69, 9.17) is 0 Å². The van der Waals surface area contributed by atoms with Crippen LogP contribution in [0, 0.1) is 13.8 Å². The molecule has 0 N–H and O–H groups in total. The molecule has 0 amide bonds. The fraction of sp³-hybridized carbons (Fsp3) is 0.120. The lowest BCUT2D eigenvalue weighted by Crippen LogP contribution is -1.84. The lowest BCUT2D eigenvalue weighted by atomic mass is 9.97. The van der Waals surface area contributed by atoms with Crippen molar-refractivity contribution < 1.29 is 0 Å². The molecule has 0 radical (unpaired) electrons. The Balaban J connectivity index is 1.60. The van der Waals surface area contributed by atoms with Crippen LogP contribution in [0.2, 0.25) is 0 Å². The quantitative estimate of drug-likeness (QED) is 0.322. The average Bonchev–Trinajstić information content (AvgIpc) is 2.97. The number of aryl methyl sites for hydroxylation is 2. The van der Waals surface area contributed by atoms with E-state index in [0.29, 0.717) is 0 Å². The summed E-state index contributed by atoms with van der Waals surface area (Å²) in [6.07, 6.45) is 1.05. The maximum Gasteiger partial charge on any atom is -0.00131 e. The molecule has 0 heteroatoms. The second-order valence-corrected chi connectivity index (χ2v) is 7.27. The number of rotatable bonds is 1. The predicted molar refractivity (Wildman–Crippen MR) is 107 cm³/mol. The summed E-state index contributed by atoms with van der Waals surface area (Å²) >= 11 is 0. The molecular weight excluding hydrogens is 300 g/mol. The topological polar surface area (TPSA) is 0 Å². The molecule has 0 saturated carbocycles. The van der Waals surface area contributed by atoms with Crippen molar-refractivity contribution in [3.63, 3.8) is 0 Å². The first-order valence-corrected chi connectivity index (χ1v) is 8.91. The number of hydrogen-bond donors (Lipinski definition) is 0. The first-order chi connectivity index (χ1) is 12.2. The van der Waals surface area contributed by atoms with Gasteiger partial charge in [0, 0.05) is 0 Å². The average molecular weight is 320 g/mol. The van der Waals surface area contributed by atoms with Crippen LogP contribution in [0.25, 0.3) is 33.0 Å². The van der Waals surface area contributed by atoms with E-state index in [1.165, 1.54) is 55.3 Å². The molecule has 0 aliphatic heterocycles. The van der Waals surface area contributed by atoms with Gasteiger partial charge in [-0.3, -0.25) is 0 Å². The molecule has 0 saturated heterocycles. The summed E-state index contributed by atoms with van der Waals surface area (Å²) in [6.45, 7) is 4.32. The number of benzene rings is 4. The molecule has 25 heavy (non-hydrogen) atoms. The van der Waals surface area contributed by atoms with E-state index in [1.54, 1.807) is 0 Å². The molecule has 0 unspecified atom stereocenters. The van der Waals surface area contributed by atoms with Gasteiger partial charge in [0.15, 0.2) is 0 Å². The third-order valence-electron chi connectivity index (χ3n) is 5.37. The van der Waals surface area contributed by atoms with Gasteiger partial charge in [0.25, 0.3) is 0 Å². The van der Waals surface area contributed by atoms with Gasteiger partial charge in [0.05, 0.1) is 0 Å². The van der Waals surface area contributed by atoms with Crippen LogP contribution in [-0.4, -0.2) is 0 Å². The molecule has 0 aromatic heterocycles. The summed E-state index contributed by atoms with van der Waals surface area (Å²) in [4.78, 5) is 0. The van der Waals surface area contributed by atoms with Crippen molar-refractivity contribution in [1.82, 2.24) is 0 Å². The molecule has 0 bridgehead atoms. The highest BCUT2D eigenvalue weighted by Crippen LogP contribution is 2.39. The second-order valence-electron chi connectivity index (χ2n) is 7.27. The standard InChI is InChI=1S/C25H20/c1-16-3-5-19-13-20(7-6-18(19)11-16)21-8-10-25-23(14-21)15-22-12-17(2)4-9-24(22)25/h3-14H,15H2,1-2H3. The highest BCUT2D eigenvalue weighted by atomic mass is 14.2. The van der Waals surface area contributed by atoms with Crippen molar-refractivity contribution in [3.05, 3.63) is 95.1 Å². The van der Waals surface area contributed by atoms with E-state index in [2.05, 4.69) is 86.6 Å². The van der Waals surface area contributed by atoms with Crippen LogP contribution in [0.1, 0.15) is 22.3 Å². The maximum atomic E-state index is 2.38. The van der Waals surface area contributed by atoms with Crippen LogP contribution < -0.4 is 0 Å². The molecule has 0 heterocycles. The summed E-state index contributed by atoms with van der Waals surface area (Å²) in [5.41, 5.74) is 11.0. The molecule has 0 fully saturated rings. The van der Waals surface area contributed by atoms with Gasteiger partial charge in [-0.2, -0.15) is 0 Å². The van der Waals surface area contributed by atoms with Crippen LogP contribution >= 0.6 is 0 Å². The Bertz CT molecular complexity index is 1130. The molecule has 1 aliphatic carbocycles. The Morgan fingerprint density at radius 3 is 1.96 bits per heavy atom. The van der Waals surface area contributed by atoms with Crippen molar-refractivity contribution in [1.29, 1.82) is 0 Å². The van der Waals surface area contributed by atoms with Crippen molar-refractivity contribution in [2.45, 2.75) is 20.3 Å². The molecular formula is C25H20. The smallest absolute Gasteiger partial charge is 0.00131 e. The van der Waals surface area contributed by atoms with E-state index >= 15 is 0 Å². The van der Waals surface area contributed by atoms with Crippen LogP contribution in [0.4, 0.5) is 0 Å². The molecule has 0 atom stereocenters. The molecule has 120 valence electrons. The molecule has 0 spiro atoms. The monoisotopic (exact) mass is 320 g/mol. The van der Waals surface area contributed by atoms with E-state index in [0.717, 1.165) is 6.42 Å². The lowest BCUT2D eigenvalue weighted by Gasteiger charge is -2.08. The SMILES string of the molecule is Cc1ccc2c(c1)Cc1cc(-c3ccc4cc(C)ccc4c3)ccc1-2. The third kappa shape index (κ3) is 2.37. The Morgan fingerprint density at radius 2 is 1.08 bits per heavy atom. The summed E-state index contributed by atoms with van der Waals surface area (Å²) in [6, 6.07) is 27.2. The minimum Gasteiger partial charge on any atom is -0.0587 e. The minimum absolute atomic E-state index is 1.05. The summed E-state index contributed by atoms with van der Waals surface area (Å²) in [7, 11) is 0. The minimum atomic E-state index is 1.05. The van der Waals surface area contributed by atoms with Gasteiger partial charge < -0.3 is 0 Å². The van der Waals surface area contributed by atoms with Crippen LogP contribution in [0.5, 0.6) is 0 Å². The molecule has 4 aromatic carbocycles. The Kier molecular flexibility index (Phi) is 3.08. The fourth-order valence-electron chi connectivity index (χ4n) is 4.06. The zero-order valence-electron chi connectivity index (χ0n) is 14.6. The van der Waals surface area contributed by atoms with Crippen molar-refractivity contribution >= 4 is 10.8 Å². The highest BCUT2D eigenvalue weighted by Gasteiger charge is 2.18. The largest absolute Gasteiger partial charge is 0.0587 e. The molecule has 1 aliphatic rings. The van der Waals surface area contributed by atoms with E-state index in [1.807, 2.05) is 0 Å². The Morgan fingerprint density at radius 1 is 0.520 bits per heavy atom. The second kappa shape index (κ2) is 5.32. The van der Waals surface area contributed by atoms with Gasteiger partial charge in [-0.15, -0.1) is 0 Å². The maximum absolute atomic E-state index is 2.38. The summed E-state index contributed by atoms with van der Waals surface area (Å²) in [5, 5.41) is 2.62. The van der Waals surface area contributed by atoms with Crippen molar-refractivity contribution in [3.8, 4) is 22.3 Å². The molecule has 4 aromatic rings. The lowest BCUT2D eigenvalue weighted by molar-refractivity contribution is 1.25. The van der Waals surface area contributed by atoms with Gasteiger partial charge in [0.2, 0.25) is 0 Å². The normalized spacial score (nSPS) is 12.2. The van der Waals surface area contributed by atoms with Crippen molar-refractivity contribution in [2.24, 2.45) is 0 Å². The first kappa shape index (κ1) is 14.5. The third-order valence-corrected chi connectivity index (χ3v) is 5.37. The Hall–Kier alpha value is -2.86. The number of fused-ring (bicyclic) bond motifs is 4. The van der Waals surface area contributed by atoms with Gasteiger partial charge in [-0.1, -0.05) is 77.9 Å². The molecule has 0 nitrogen and oxygen atoms in total. The Labute approximate surface area is 148 Å². The zero-order chi connectivity index (χ0) is 17.0. The van der Waals surface area contributed by atoms with Gasteiger partial charge in [0.1, 0.15) is 0 Å². The van der Waals surface area contributed by atoms with Gasteiger partial charge >= 0.3 is 0 Å². The van der Waals surface area contributed by atoms with Gasteiger partial charge in [-0.25, -0.2) is 0 Å². The van der Waals surface area contributed by atoms with Crippen LogP contribution in [0.15, 0.2) is 72.8 Å². The van der Waals surface area contributed by atoms with E-state index < -0.39 is 0 Å². The first-order valence-electron chi connectivity index (χ1n) is 8.91.